The van der Waals surface area contributed by atoms with E-state index in [0.717, 1.165) is 66.8 Å². The van der Waals surface area contributed by atoms with E-state index in [9.17, 15) is 0 Å². The molecular weight excluding hydrogens is 741 g/mol. The summed E-state index contributed by atoms with van der Waals surface area (Å²) in [4.78, 5) is 2.39. The minimum absolute atomic E-state index is 0.848. The molecule has 0 amide bonds. The number of aromatic nitrogens is 1. The summed E-state index contributed by atoms with van der Waals surface area (Å²) in [5.74, 6) is 0. The predicted octanol–water partition coefficient (Wildman–Crippen LogP) is 16.3. The van der Waals surface area contributed by atoms with E-state index in [0.29, 0.717) is 0 Å². The normalized spacial score (nSPS) is 11.6. The van der Waals surface area contributed by atoms with Crippen molar-refractivity contribution in [1.29, 1.82) is 0 Å². The number of rotatable bonds is 7. The first kappa shape index (κ1) is 34.9. The quantitative estimate of drug-likeness (QED) is 0.161. The fourth-order valence-corrected chi connectivity index (χ4v) is 9.40. The second-order valence-electron chi connectivity index (χ2n) is 15.7. The van der Waals surface area contributed by atoms with E-state index in [-0.39, 0.29) is 0 Å². The Morgan fingerprint density at radius 2 is 0.918 bits per heavy atom. The highest BCUT2D eigenvalue weighted by Gasteiger charge is 2.23. The molecule has 2 heterocycles. The molecule has 0 aliphatic rings. The predicted molar refractivity (Wildman–Crippen MR) is 257 cm³/mol. The number of fused-ring (bicyclic) bond motifs is 8. The summed E-state index contributed by atoms with van der Waals surface area (Å²) in [6, 6.07) is 82.7. The molecule has 0 saturated heterocycles. The molecule has 0 atom stereocenters. The van der Waals surface area contributed by atoms with Crippen LogP contribution in [0.1, 0.15) is 0 Å². The van der Waals surface area contributed by atoms with Gasteiger partial charge in [-0.15, -0.1) is 0 Å². The lowest BCUT2D eigenvalue weighted by Gasteiger charge is -2.27. The summed E-state index contributed by atoms with van der Waals surface area (Å²) in [7, 11) is 0. The van der Waals surface area contributed by atoms with Crippen molar-refractivity contribution in [2.75, 3.05) is 4.90 Å². The summed E-state index contributed by atoms with van der Waals surface area (Å²) < 4.78 is 9.31. The average molecular weight is 779 g/mol. The first-order valence-corrected chi connectivity index (χ1v) is 20.8. The first-order chi connectivity index (χ1) is 30.3. The Balaban J connectivity index is 1.07. The van der Waals surface area contributed by atoms with Gasteiger partial charge in [0, 0.05) is 33.2 Å². The second kappa shape index (κ2) is 14.3. The van der Waals surface area contributed by atoms with Crippen LogP contribution in [0, 0.1) is 0 Å². The van der Waals surface area contributed by atoms with Crippen molar-refractivity contribution in [1.82, 2.24) is 4.57 Å². The van der Waals surface area contributed by atoms with Gasteiger partial charge in [0.1, 0.15) is 11.2 Å². The van der Waals surface area contributed by atoms with Gasteiger partial charge < -0.3 is 13.9 Å². The van der Waals surface area contributed by atoms with E-state index >= 15 is 0 Å². The van der Waals surface area contributed by atoms with Crippen LogP contribution in [0.4, 0.5) is 17.1 Å². The number of hydrogen-bond donors (Lipinski definition) is 0. The van der Waals surface area contributed by atoms with E-state index in [1.54, 1.807) is 0 Å². The third-order valence-corrected chi connectivity index (χ3v) is 12.2. The van der Waals surface area contributed by atoms with Crippen LogP contribution in [-0.4, -0.2) is 4.57 Å². The Morgan fingerprint density at radius 3 is 1.69 bits per heavy atom. The van der Waals surface area contributed by atoms with Crippen LogP contribution >= 0.6 is 0 Å². The molecular formula is C58H38N2O. The fraction of sp³-hybridized carbons (Fsp3) is 0. The summed E-state index contributed by atoms with van der Waals surface area (Å²) >= 11 is 0. The zero-order valence-corrected chi connectivity index (χ0v) is 33.2. The van der Waals surface area contributed by atoms with E-state index in [1.807, 2.05) is 0 Å². The van der Waals surface area contributed by atoms with Crippen molar-refractivity contribution in [3.8, 4) is 39.1 Å². The number of para-hydroxylation sites is 2. The lowest BCUT2D eigenvalue weighted by molar-refractivity contribution is 0.669. The third-order valence-electron chi connectivity index (χ3n) is 12.2. The summed E-state index contributed by atoms with van der Waals surface area (Å²) in [5, 5.41) is 6.99. The highest BCUT2D eigenvalue weighted by molar-refractivity contribution is 6.26. The molecule has 286 valence electrons. The van der Waals surface area contributed by atoms with Gasteiger partial charge in [-0.25, -0.2) is 0 Å². The van der Waals surface area contributed by atoms with Gasteiger partial charge in [-0.2, -0.15) is 0 Å². The van der Waals surface area contributed by atoms with Crippen molar-refractivity contribution in [3.05, 3.63) is 231 Å². The molecule has 3 heteroatoms. The molecule has 12 aromatic rings. The van der Waals surface area contributed by atoms with Gasteiger partial charge in [0.05, 0.1) is 22.1 Å². The average Bonchev–Trinajstić information content (AvgIpc) is 3.89. The maximum Gasteiger partial charge on any atom is 0.137 e. The first-order valence-electron chi connectivity index (χ1n) is 20.8. The number of hydrogen-bond acceptors (Lipinski definition) is 2. The van der Waals surface area contributed by atoms with E-state index in [2.05, 4.69) is 240 Å². The zero-order valence-electron chi connectivity index (χ0n) is 33.2. The third kappa shape index (κ3) is 5.82. The van der Waals surface area contributed by atoms with Crippen molar-refractivity contribution >= 4 is 71.6 Å². The van der Waals surface area contributed by atoms with Crippen molar-refractivity contribution in [3.63, 3.8) is 0 Å². The molecule has 0 aliphatic heterocycles. The number of nitrogens with zero attached hydrogens (tertiary/aromatic N) is 2. The van der Waals surface area contributed by atoms with Crippen LogP contribution in [0.25, 0.3) is 93.6 Å². The largest absolute Gasteiger partial charge is 0.456 e. The van der Waals surface area contributed by atoms with Gasteiger partial charge in [0.25, 0.3) is 0 Å². The monoisotopic (exact) mass is 778 g/mol. The van der Waals surface area contributed by atoms with E-state index < -0.39 is 0 Å². The maximum atomic E-state index is 6.94. The van der Waals surface area contributed by atoms with Gasteiger partial charge in [0.15, 0.2) is 0 Å². The van der Waals surface area contributed by atoms with E-state index in [1.165, 1.54) is 43.9 Å². The van der Waals surface area contributed by atoms with Gasteiger partial charge in [0.2, 0.25) is 0 Å². The lowest BCUT2D eigenvalue weighted by Crippen LogP contribution is -2.10. The molecule has 0 spiro atoms. The smallest absolute Gasteiger partial charge is 0.137 e. The number of furan rings is 1. The van der Waals surface area contributed by atoms with Crippen molar-refractivity contribution < 1.29 is 4.42 Å². The van der Waals surface area contributed by atoms with Crippen LogP contribution in [0.2, 0.25) is 0 Å². The molecule has 0 radical (unpaired) electrons. The molecule has 12 rings (SSSR count). The number of anilines is 3. The minimum Gasteiger partial charge on any atom is -0.456 e. The molecule has 0 N–H and O–H groups in total. The Hall–Kier alpha value is -8.14. The molecule has 0 fully saturated rings. The van der Waals surface area contributed by atoms with Gasteiger partial charge in [-0.05, 0) is 117 Å². The lowest BCUT2D eigenvalue weighted by atomic mass is 9.93. The molecule has 10 aromatic carbocycles. The van der Waals surface area contributed by atoms with Gasteiger partial charge in [-0.1, -0.05) is 158 Å². The van der Waals surface area contributed by atoms with Crippen molar-refractivity contribution in [2.24, 2.45) is 0 Å². The van der Waals surface area contributed by atoms with Gasteiger partial charge in [-0.3, -0.25) is 0 Å². The summed E-state index contributed by atoms with van der Waals surface area (Å²) in [6.45, 7) is 0. The summed E-state index contributed by atoms with van der Waals surface area (Å²) in [6.07, 6.45) is 0. The SMILES string of the molecule is c1ccc(-c2ccc(N(c3cccc(-c4ccccc4)c3)c3cccc4oc5cc(-c6ccc7c(c6)c6ccccc6n7-c6ccccc6)c6ccccc6c5c34)cc2)cc1. The van der Waals surface area contributed by atoms with Crippen LogP contribution in [0.5, 0.6) is 0 Å². The highest BCUT2D eigenvalue weighted by atomic mass is 16.3. The fourth-order valence-electron chi connectivity index (χ4n) is 9.40. The van der Waals surface area contributed by atoms with Crippen LogP contribution in [-0.2, 0) is 0 Å². The molecule has 61 heavy (non-hydrogen) atoms. The second-order valence-corrected chi connectivity index (χ2v) is 15.7. The van der Waals surface area contributed by atoms with Crippen LogP contribution in [0.15, 0.2) is 235 Å². The molecule has 0 saturated carbocycles. The van der Waals surface area contributed by atoms with Crippen LogP contribution in [0.3, 0.4) is 0 Å². The molecule has 0 aliphatic carbocycles. The molecule has 2 aromatic heterocycles. The topological polar surface area (TPSA) is 21.3 Å². The Bertz CT molecular complexity index is 3570. The summed E-state index contributed by atoms with van der Waals surface area (Å²) in [5.41, 5.74) is 15.4. The zero-order chi connectivity index (χ0) is 40.3. The van der Waals surface area contributed by atoms with Crippen LogP contribution < -0.4 is 4.90 Å². The minimum atomic E-state index is 0.848. The number of benzene rings is 10. The molecule has 0 unspecified atom stereocenters. The Morgan fingerprint density at radius 1 is 0.328 bits per heavy atom. The van der Waals surface area contributed by atoms with Crippen molar-refractivity contribution in [2.45, 2.75) is 0 Å². The Labute approximate surface area is 353 Å². The van der Waals surface area contributed by atoms with E-state index in [4.69, 9.17) is 4.42 Å². The molecule has 3 nitrogen and oxygen atoms in total. The van der Waals surface area contributed by atoms with Gasteiger partial charge >= 0.3 is 0 Å². The molecule has 0 bridgehead atoms. The Kier molecular flexibility index (Phi) is 8.17. The maximum absolute atomic E-state index is 6.94. The standard InChI is InChI=1S/C58H38N2O/c1-4-16-39(17-5-1)41-30-33-45(34-31-41)59(46-23-14-20-42(36-46)40-18-6-2-7-19-40)54-28-15-29-55-58(54)57-49-26-11-10-24-47(49)50(38-56(57)61-55)43-32-35-53-51(37-43)48-25-12-13-27-52(48)60(53)44-21-8-3-9-22-44/h1-38H. The highest BCUT2D eigenvalue weighted by Crippen LogP contribution is 2.48.